The van der Waals surface area contributed by atoms with Crippen molar-refractivity contribution >= 4 is 34.2 Å². The third-order valence-corrected chi connectivity index (χ3v) is 5.73. The molecule has 0 fully saturated rings. The van der Waals surface area contributed by atoms with Gasteiger partial charge in [-0.25, -0.2) is 9.59 Å². The Kier molecular flexibility index (Phi) is 7.53. The minimum absolute atomic E-state index is 0.0481. The van der Waals surface area contributed by atoms with E-state index in [2.05, 4.69) is 5.32 Å². The SMILES string of the molecule is O=C(CCC(Nc1c(C(=O)OCc2ccccc2)ccc2ccccc12)C(=O)O)c1ccccc1. The molecule has 0 radical (unpaired) electrons. The fraction of sp³-hybridized carbons (Fsp3) is 0.138. The first-order chi connectivity index (χ1) is 17.0. The quantitative estimate of drug-likeness (QED) is 0.229. The van der Waals surface area contributed by atoms with Gasteiger partial charge in [0.1, 0.15) is 12.6 Å². The smallest absolute Gasteiger partial charge is 0.340 e. The topological polar surface area (TPSA) is 92.7 Å². The van der Waals surface area contributed by atoms with Crippen molar-refractivity contribution in [2.45, 2.75) is 25.5 Å². The van der Waals surface area contributed by atoms with Crippen LogP contribution in [0, 0.1) is 0 Å². The maximum absolute atomic E-state index is 13.0. The van der Waals surface area contributed by atoms with Crippen LogP contribution in [-0.2, 0) is 16.1 Å². The van der Waals surface area contributed by atoms with Crippen molar-refractivity contribution in [2.75, 3.05) is 5.32 Å². The number of fused-ring (bicyclic) bond motifs is 1. The molecule has 0 spiro atoms. The molecule has 4 aromatic carbocycles. The number of ketones is 1. The van der Waals surface area contributed by atoms with E-state index in [1.54, 1.807) is 36.4 Å². The standard InChI is InChI=1S/C29H25NO5/c31-26(22-12-5-2-6-13-22)18-17-25(28(32)33)30-27-23-14-8-7-11-21(23)15-16-24(27)29(34)35-19-20-9-3-1-4-10-20/h1-16,25,30H,17-19H2,(H,32,33). The van der Waals surface area contributed by atoms with E-state index in [4.69, 9.17) is 4.74 Å². The van der Waals surface area contributed by atoms with Crippen LogP contribution in [0.3, 0.4) is 0 Å². The van der Waals surface area contributed by atoms with Crippen molar-refractivity contribution < 1.29 is 24.2 Å². The van der Waals surface area contributed by atoms with E-state index in [0.717, 1.165) is 10.9 Å². The van der Waals surface area contributed by atoms with Gasteiger partial charge in [0.05, 0.1) is 11.3 Å². The normalized spacial score (nSPS) is 11.5. The number of nitrogens with one attached hydrogen (secondary N) is 1. The molecular formula is C29H25NO5. The Morgan fingerprint density at radius 2 is 1.46 bits per heavy atom. The molecule has 6 nitrogen and oxygen atoms in total. The lowest BCUT2D eigenvalue weighted by molar-refractivity contribution is -0.138. The van der Waals surface area contributed by atoms with Crippen molar-refractivity contribution in [1.29, 1.82) is 0 Å². The van der Waals surface area contributed by atoms with Crippen LogP contribution in [0.5, 0.6) is 0 Å². The minimum atomic E-state index is -1.11. The molecule has 0 aliphatic rings. The number of carboxylic acids is 1. The van der Waals surface area contributed by atoms with Gasteiger partial charge in [0.2, 0.25) is 0 Å². The van der Waals surface area contributed by atoms with Gasteiger partial charge in [-0.05, 0) is 23.4 Å². The van der Waals surface area contributed by atoms with Gasteiger partial charge in [-0.2, -0.15) is 0 Å². The van der Waals surface area contributed by atoms with Crippen LogP contribution in [0.25, 0.3) is 10.8 Å². The Morgan fingerprint density at radius 3 is 2.17 bits per heavy atom. The minimum Gasteiger partial charge on any atom is -0.480 e. The van der Waals surface area contributed by atoms with Gasteiger partial charge in [0.15, 0.2) is 5.78 Å². The maximum Gasteiger partial charge on any atom is 0.340 e. The zero-order chi connectivity index (χ0) is 24.6. The van der Waals surface area contributed by atoms with Gasteiger partial charge in [-0.3, -0.25) is 4.79 Å². The third kappa shape index (κ3) is 5.92. The molecule has 6 heteroatoms. The van der Waals surface area contributed by atoms with Crippen LogP contribution < -0.4 is 5.32 Å². The van der Waals surface area contributed by atoms with E-state index in [-0.39, 0.29) is 30.8 Å². The van der Waals surface area contributed by atoms with Crippen molar-refractivity contribution in [2.24, 2.45) is 0 Å². The van der Waals surface area contributed by atoms with E-state index >= 15 is 0 Å². The van der Waals surface area contributed by atoms with E-state index in [1.165, 1.54) is 0 Å². The number of esters is 1. The van der Waals surface area contributed by atoms with Crippen LogP contribution in [0.1, 0.15) is 39.1 Å². The number of carbonyl (C=O) groups is 3. The molecule has 0 saturated carbocycles. The average Bonchev–Trinajstić information content (AvgIpc) is 2.90. The number of Topliss-reactive ketones (excluding diaryl/α,β-unsaturated/α-hetero) is 1. The molecule has 4 rings (SSSR count). The second kappa shape index (κ2) is 11.1. The van der Waals surface area contributed by atoms with E-state index in [1.807, 2.05) is 60.7 Å². The summed E-state index contributed by atoms with van der Waals surface area (Å²) in [7, 11) is 0. The molecule has 0 heterocycles. The molecule has 0 saturated heterocycles. The highest BCUT2D eigenvalue weighted by atomic mass is 16.5. The molecule has 4 aromatic rings. The maximum atomic E-state index is 13.0. The Morgan fingerprint density at radius 1 is 0.800 bits per heavy atom. The van der Waals surface area contributed by atoms with Crippen molar-refractivity contribution in [3.05, 3.63) is 114 Å². The fourth-order valence-electron chi connectivity index (χ4n) is 3.87. The molecule has 1 unspecified atom stereocenters. The summed E-state index contributed by atoms with van der Waals surface area (Å²) in [6, 6.07) is 27.8. The number of carbonyl (C=O) groups excluding carboxylic acids is 2. The molecule has 0 aliphatic carbocycles. The van der Waals surface area contributed by atoms with Gasteiger partial charge >= 0.3 is 11.9 Å². The summed E-state index contributed by atoms with van der Waals surface area (Å²) in [5, 5.41) is 14.4. The predicted molar refractivity (Wildman–Crippen MR) is 135 cm³/mol. The monoisotopic (exact) mass is 467 g/mol. The van der Waals surface area contributed by atoms with E-state index in [0.29, 0.717) is 16.6 Å². The number of benzene rings is 4. The van der Waals surface area contributed by atoms with Crippen LogP contribution in [0.2, 0.25) is 0 Å². The second-order valence-corrected chi connectivity index (χ2v) is 8.13. The molecule has 2 N–H and O–H groups in total. The Balaban J connectivity index is 1.58. The molecule has 0 aliphatic heterocycles. The average molecular weight is 468 g/mol. The number of ether oxygens (including phenoxy) is 1. The Hall–Kier alpha value is -4.45. The first-order valence-electron chi connectivity index (χ1n) is 11.3. The lowest BCUT2D eigenvalue weighted by atomic mass is 10.0. The lowest BCUT2D eigenvalue weighted by Crippen LogP contribution is -2.31. The van der Waals surface area contributed by atoms with Crippen molar-refractivity contribution in [3.8, 4) is 0 Å². The number of anilines is 1. The number of rotatable bonds is 10. The first kappa shape index (κ1) is 23.7. The molecule has 0 amide bonds. The number of carboxylic acid groups (broad SMARTS) is 1. The third-order valence-electron chi connectivity index (χ3n) is 5.73. The van der Waals surface area contributed by atoms with Gasteiger partial charge in [-0.1, -0.05) is 91.0 Å². The largest absolute Gasteiger partial charge is 0.480 e. The first-order valence-corrected chi connectivity index (χ1v) is 11.3. The van der Waals surface area contributed by atoms with E-state index in [9.17, 15) is 19.5 Å². The summed E-state index contributed by atoms with van der Waals surface area (Å²) in [6.07, 6.45) is 0.108. The number of hydrogen-bond donors (Lipinski definition) is 2. The zero-order valence-corrected chi connectivity index (χ0v) is 19.0. The summed E-state index contributed by atoms with van der Waals surface area (Å²) in [4.78, 5) is 37.6. The van der Waals surface area contributed by atoms with Gasteiger partial charge in [-0.15, -0.1) is 0 Å². The Bertz CT molecular complexity index is 1340. The van der Waals surface area contributed by atoms with Crippen LogP contribution >= 0.6 is 0 Å². The Labute approximate surface area is 203 Å². The predicted octanol–water partition coefficient (Wildman–Crippen LogP) is 5.73. The van der Waals surface area contributed by atoms with Gasteiger partial charge in [0, 0.05) is 17.4 Å². The molecule has 35 heavy (non-hydrogen) atoms. The highest BCUT2D eigenvalue weighted by molar-refractivity contribution is 6.07. The molecule has 1 atom stereocenters. The van der Waals surface area contributed by atoms with Gasteiger partial charge in [0.25, 0.3) is 0 Å². The summed E-state index contributed by atoms with van der Waals surface area (Å²) in [6.45, 7) is 0.0971. The number of hydrogen-bond acceptors (Lipinski definition) is 5. The van der Waals surface area contributed by atoms with Crippen molar-refractivity contribution in [1.82, 2.24) is 0 Å². The zero-order valence-electron chi connectivity index (χ0n) is 19.0. The molecule has 176 valence electrons. The lowest BCUT2D eigenvalue weighted by Gasteiger charge is -2.20. The second-order valence-electron chi connectivity index (χ2n) is 8.13. The highest BCUT2D eigenvalue weighted by Gasteiger charge is 2.24. The van der Waals surface area contributed by atoms with Gasteiger partial charge < -0.3 is 15.2 Å². The van der Waals surface area contributed by atoms with E-state index < -0.39 is 18.0 Å². The van der Waals surface area contributed by atoms with Crippen LogP contribution in [0.4, 0.5) is 5.69 Å². The summed E-state index contributed by atoms with van der Waals surface area (Å²) in [5.74, 6) is -1.81. The summed E-state index contributed by atoms with van der Waals surface area (Å²) in [5.41, 5.74) is 1.99. The molecular weight excluding hydrogens is 442 g/mol. The number of aliphatic carboxylic acids is 1. The van der Waals surface area contributed by atoms with Crippen LogP contribution in [0.15, 0.2) is 97.1 Å². The summed E-state index contributed by atoms with van der Waals surface area (Å²) < 4.78 is 5.52. The van der Waals surface area contributed by atoms with Crippen LogP contribution in [-0.4, -0.2) is 28.9 Å². The fourth-order valence-corrected chi connectivity index (χ4v) is 3.87. The molecule has 0 bridgehead atoms. The van der Waals surface area contributed by atoms with Crippen molar-refractivity contribution in [3.63, 3.8) is 0 Å². The molecule has 0 aromatic heterocycles. The highest BCUT2D eigenvalue weighted by Crippen LogP contribution is 2.30. The summed E-state index contributed by atoms with van der Waals surface area (Å²) >= 11 is 0.